The van der Waals surface area contributed by atoms with E-state index in [1.54, 1.807) is 43.6 Å². The minimum absolute atomic E-state index is 0.0558. The molecular weight excluding hydrogens is 797 g/mol. The summed E-state index contributed by atoms with van der Waals surface area (Å²) in [5.41, 5.74) is 16.4. The van der Waals surface area contributed by atoms with Crippen LogP contribution in [-0.4, -0.2) is 24.8 Å². The zero-order valence-electron chi connectivity index (χ0n) is 34.7. The van der Waals surface area contributed by atoms with Crippen LogP contribution in [0.3, 0.4) is 0 Å². The Bertz CT molecular complexity index is 2260. The van der Waals surface area contributed by atoms with Crippen molar-refractivity contribution in [3.8, 4) is 11.1 Å². The van der Waals surface area contributed by atoms with Gasteiger partial charge in [-0.25, -0.2) is 0 Å². The Balaban J connectivity index is 0.00000160. The SMILES string of the molecule is Cc1c(C)c(C)[c-]([Si](C)(CCCCCCOC(C)(C)C)[c-]2c(C(C)C)cc3c(-c4ccc5c(c4)c4ccccc4n5C)c4c(cc32)CCC4)c1C.[Cl][Zr+2][Cl]. The number of rotatable bonds is 11. The van der Waals surface area contributed by atoms with Gasteiger partial charge in [0.25, 0.3) is 0 Å². The zero-order valence-corrected chi connectivity index (χ0v) is 39.7. The fourth-order valence-corrected chi connectivity index (χ4v) is 15.5. The maximum absolute atomic E-state index is 6.08. The molecule has 0 radical (unpaired) electrons. The summed E-state index contributed by atoms with van der Waals surface area (Å²) in [5.74, 6) is 0.467. The summed E-state index contributed by atoms with van der Waals surface area (Å²) in [6, 6.07) is 22.9. The Labute approximate surface area is 345 Å². The van der Waals surface area contributed by atoms with Crippen LogP contribution in [0.25, 0.3) is 43.7 Å². The van der Waals surface area contributed by atoms with E-state index in [4.69, 9.17) is 21.8 Å². The summed E-state index contributed by atoms with van der Waals surface area (Å²) in [6.45, 7) is 24.6. The maximum atomic E-state index is 6.08. The van der Waals surface area contributed by atoms with Gasteiger partial charge in [0.05, 0.1) is 5.60 Å². The second-order valence-electron chi connectivity index (χ2n) is 17.5. The van der Waals surface area contributed by atoms with E-state index >= 15 is 0 Å². The van der Waals surface area contributed by atoms with Gasteiger partial charge in [0.2, 0.25) is 0 Å². The summed E-state index contributed by atoms with van der Waals surface area (Å²) in [6.07, 6.45) is 8.57. The van der Waals surface area contributed by atoms with Gasteiger partial charge in [0, 0.05) is 43.5 Å². The summed E-state index contributed by atoms with van der Waals surface area (Å²) in [7, 11) is 9.89. The van der Waals surface area contributed by atoms with E-state index in [1.165, 1.54) is 94.0 Å². The average Bonchev–Trinajstić information content (AvgIpc) is 3.87. The van der Waals surface area contributed by atoms with Gasteiger partial charge in [-0.3, -0.25) is 0 Å². The van der Waals surface area contributed by atoms with E-state index in [9.17, 15) is 0 Å². The molecule has 1 aliphatic rings. The molecule has 1 heterocycles. The fraction of sp³-hybridized carbons (Fsp3) is 0.458. The molecule has 286 valence electrons. The molecule has 6 heteroatoms. The molecule has 1 unspecified atom stereocenters. The fourth-order valence-electron chi connectivity index (χ4n) is 9.96. The van der Waals surface area contributed by atoms with Crippen LogP contribution >= 0.6 is 17.0 Å². The van der Waals surface area contributed by atoms with Gasteiger partial charge >= 0.3 is 37.9 Å². The van der Waals surface area contributed by atoms with Crippen molar-refractivity contribution >= 4 is 68.1 Å². The number of aromatic nitrogens is 1. The van der Waals surface area contributed by atoms with Gasteiger partial charge in [-0.05, 0) is 76.1 Å². The van der Waals surface area contributed by atoms with Crippen LogP contribution in [0, 0.1) is 27.7 Å². The molecule has 7 rings (SSSR count). The third-order valence-electron chi connectivity index (χ3n) is 12.8. The Hall–Kier alpha value is -1.94. The predicted octanol–water partition coefficient (Wildman–Crippen LogP) is 13.4. The number of unbranched alkanes of at least 4 members (excludes halogenated alkanes) is 3. The molecule has 0 fully saturated rings. The average molecular weight is 858 g/mol. The molecule has 0 N–H and O–H groups in total. The van der Waals surface area contributed by atoms with Crippen molar-refractivity contribution < 1.29 is 25.6 Å². The third-order valence-corrected chi connectivity index (χ3v) is 17.6. The first-order chi connectivity index (χ1) is 25.6. The van der Waals surface area contributed by atoms with E-state index in [0.29, 0.717) is 5.92 Å². The zero-order chi connectivity index (χ0) is 39.1. The van der Waals surface area contributed by atoms with Crippen LogP contribution in [0.4, 0.5) is 0 Å². The van der Waals surface area contributed by atoms with E-state index in [2.05, 4.69) is 135 Å². The quantitative estimate of drug-likeness (QED) is 0.0719. The van der Waals surface area contributed by atoms with Crippen LogP contribution in [0.1, 0.15) is 112 Å². The minimum atomic E-state index is -2.19. The first kappa shape index (κ1) is 41.7. The number of benzene rings is 3. The van der Waals surface area contributed by atoms with Gasteiger partial charge in [0.1, 0.15) is 0 Å². The molecule has 1 aromatic heterocycles. The Morgan fingerprint density at radius 2 is 1.46 bits per heavy atom. The standard InChI is InChI=1S/C48H61NOSi.2ClH.Zr/c1-30(2)39-29-41-42(47(39)51(11,46-33(5)31(3)32(4)34(46)6)26-17-13-12-16-25-50-48(7,8)9)27-35-19-18-21-37(35)45(41)36-23-24-44-40(28-36)38-20-14-15-22-43(38)49(44)10;;;/h14-15,20,22-24,27-30H,12-13,16-19,21,25-26H2,1-11H3;2*1H;/q-2;;;+4/p-2. The number of fused-ring (bicyclic) bond motifs is 5. The Kier molecular flexibility index (Phi) is 13.0. The topological polar surface area (TPSA) is 14.2 Å². The second-order valence-corrected chi connectivity index (χ2v) is 25.4. The van der Waals surface area contributed by atoms with E-state index in [1.807, 2.05) is 0 Å². The second kappa shape index (κ2) is 16.9. The van der Waals surface area contributed by atoms with Gasteiger partial charge in [-0.2, -0.15) is 33.5 Å². The number of halogens is 2. The van der Waals surface area contributed by atoms with Crippen molar-refractivity contribution in [1.82, 2.24) is 4.57 Å². The molecule has 0 aliphatic heterocycles. The van der Waals surface area contributed by atoms with Crippen molar-refractivity contribution in [2.45, 2.75) is 131 Å². The number of hydrogen-bond acceptors (Lipinski definition) is 1. The van der Waals surface area contributed by atoms with E-state index < -0.39 is 28.9 Å². The van der Waals surface area contributed by atoms with Gasteiger partial charge in [-0.15, -0.1) is 27.6 Å². The van der Waals surface area contributed by atoms with E-state index in [-0.39, 0.29) is 5.60 Å². The predicted molar refractivity (Wildman–Crippen MR) is 238 cm³/mol. The molecule has 0 spiro atoms. The molecule has 0 bridgehead atoms. The molecule has 1 aliphatic carbocycles. The summed E-state index contributed by atoms with van der Waals surface area (Å²) in [5, 5.41) is 9.25. The number of aryl methyl sites for hydroxylation is 2. The Morgan fingerprint density at radius 1 is 0.815 bits per heavy atom. The van der Waals surface area contributed by atoms with Crippen LogP contribution in [0.2, 0.25) is 12.6 Å². The summed E-state index contributed by atoms with van der Waals surface area (Å²) < 4.78 is 8.44. The van der Waals surface area contributed by atoms with E-state index in [0.717, 1.165) is 13.0 Å². The molecular formula is C48H61Cl2NOSiZr. The molecule has 0 saturated carbocycles. The molecule has 54 heavy (non-hydrogen) atoms. The van der Waals surface area contributed by atoms with Gasteiger partial charge in [-0.1, -0.05) is 114 Å². The molecule has 2 nitrogen and oxygen atoms in total. The molecule has 6 aromatic rings. The number of nitrogens with zero attached hydrogens (tertiary/aromatic N) is 1. The first-order valence-electron chi connectivity index (χ1n) is 20.2. The summed E-state index contributed by atoms with van der Waals surface area (Å²) in [4.78, 5) is 0. The Morgan fingerprint density at radius 3 is 2.13 bits per heavy atom. The van der Waals surface area contributed by atoms with Crippen molar-refractivity contribution in [3.05, 3.63) is 93.5 Å². The van der Waals surface area contributed by atoms with Crippen molar-refractivity contribution in [2.75, 3.05) is 6.61 Å². The summed E-state index contributed by atoms with van der Waals surface area (Å²) >= 11 is -0.826. The molecule has 0 amide bonds. The monoisotopic (exact) mass is 855 g/mol. The van der Waals surface area contributed by atoms with Crippen molar-refractivity contribution in [1.29, 1.82) is 0 Å². The number of hydrogen-bond donors (Lipinski definition) is 0. The molecule has 1 atom stereocenters. The molecule has 5 aromatic carbocycles. The van der Waals surface area contributed by atoms with Crippen LogP contribution < -0.4 is 10.4 Å². The van der Waals surface area contributed by atoms with Crippen LogP contribution in [0.15, 0.2) is 54.6 Å². The van der Waals surface area contributed by atoms with Crippen molar-refractivity contribution in [3.63, 3.8) is 0 Å². The number of para-hydroxylation sites is 1. The van der Waals surface area contributed by atoms with Gasteiger partial charge in [0.15, 0.2) is 0 Å². The van der Waals surface area contributed by atoms with Gasteiger partial charge < -0.3 is 9.30 Å². The first-order valence-corrected chi connectivity index (χ1v) is 29.3. The molecule has 0 saturated heterocycles. The van der Waals surface area contributed by atoms with Crippen molar-refractivity contribution in [2.24, 2.45) is 7.05 Å². The normalized spacial score (nSPS) is 14.2. The van der Waals surface area contributed by atoms with Crippen LogP contribution in [-0.2, 0) is 45.5 Å². The number of ether oxygens (including phenoxy) is 1. The van der Waals surface area contributed by atoms with Crippen LogP contribution in [0.5, 0.6) is 0 Å². The third kappa shape index (κ3) is 7.83.